The van der Waals surface area contributed by atoms with E-state index in [1.807, 2.05) is 13.8 Å². The SMILES string of the molecule is CCOC(=O)C(N)C(=O)Nc1cccc(OC(C)CC)c1. The lowest BCUT2D eigenvalue weighted by Crippen LogP contribution is -2.43. The number of carbonyl (C=O) groups is 2. The third-order valence-corrected chi connectivity index (χ3v) is 2.84. The standard InChI is InChI=1S/C15H22N2O4/c1-4-10(3)21-12-8-6-7-11(9-12)17-14(18)13(16)15(19)20-5-2/h6-10,13H,4-5,16H2,1-3H3,(H,17,18). The number of hydrogen-bond acceptors (Lipinski definition) is 5. The monoisotopic (exact) mass is 294 g/mol. The summed E-state index contributed by atoms with van der Waals surface area (Å²) in [5, 5.41) is 2.57. The fourth-order valence-corrected chi connectivity index (χ4v) is 1.52. The van der Waals surface area contributed by atoms with Gasteiger partial charge in [-0.25, -0.2) is 4.79 Å². The van der Waals surface area contributed by atoms with Crippen molar-refractivity contribution in [3.63, 3.8) is 0 Å². The minimum absolute atomic E-state index is 0.0812. The highest BCUT2D eigenvalue weighted by molar-refractivity contribution is 6.08. The molecule has 2 atom stereocenters. The van der Waals surface area contributed by atoms with Crippen LogP contribution >= 0.6 is 0 Å². The number of hydrogen-bond donors (Lipinski definition) is 2. The van der Waals surface area contributed by atoms with Gasteiger partial charge in [0, 0.05) is 11.8 Å². The first-order chi connectivity index (χ1) is 9.97. The molecule has 6 heteroatoms. The minimum Gasteiger partial charge on any atom is -0.491 e. The van der Waals surface area contributed by atoms with Gasteiger partial charge in [0.25, 0.3) is 5.91 Å². The fraction of sp³-hybridized carbons (Fsp3) is 0.467. The molecule has 2 unspecified atom stereocenters. The van der Waals surface area contributed by atoms with Crippen molar-refractivity contribution in [3.05, 3.63) is 24.3 Å². The maximum Gasteiger partial charge on any atom is 0.332 e. The van der Waals surface area contributed by atoms with Gasteiger partial charge in [0.1, 0.15) is 5.75 Å². The summed E-state index contributed by atoms with van der Waals surface area (Å²) in [7, 11) is 0. The molecule has 0 aliphatic rings. The summed E-state index contributed by atoms with van der Waals surface area (Å²) in [5.41, 5.74) is 6.03. The summed E-state index contributed by atoms with van der Waals surface area (Å²) >= 11 is 0. The van der Waals surface area contributed by atoms with Gasteiger partial charge in [-0.2, -0.15) is 0 Å². The Kier molecular flexibility index (Phi) is 6.68. The molecule has 0 bridgehead atoms. The Morgan fingerprint density at radius 2 is 2.05 bits per heavy atom. The van der Waals surface area contributed by atoms with E-state index in [0.717, 1.165) is 6.42 Å². The van der Waals surface area contributed by atoms with Gasteiger partial charge in [-0.15, -0.1) is 0 Å². The van der Waals surface area contributed by atoms with E-state index in [1.54, 1.807) is 31.2 Å². The second-order valence-corrected chi connectivity index (χ2v) is 4.58. The highest BCUT2D eigenvalue weighted by Crippen LogP contribution is 2.19. The Hall–Kier alpha value is -2.08. The number of rotatable bonds is 7. The quantitative estimate of drug-likeness (QED) is 0.590. The predicted molar refractivity (Wildman–Crippen MR) is 80.1 cm³/mol. The molecule has 1 amide bonds. The molecular weight excluding hydrogens is 272 g/mol. The van der Waals surface area contributed by atoms with Crippen LogP contribution in [0.1, 0.15) is 27.2 Å². The lowest BCUT2D eigenvalue weighted by molar-refractivity contribution is -0.146. The molecule has 0 heterocycles. The lowest BCUT2D eigenvalue weighted by atomic mass is 10.2. The van der Waals surface area contributed by atoms with Crippen molar-refractivity contribution >= 4 is 17.6 Å². The first-order valence-corrected chi connectivity index (χ1v) is 6.97. The smallest absolute Gasteiger partial charge is 0.332 e. The number of nitrogens with two attached hydrogens (primary N) is 1. The summed E-state index contributed by atoms with van der Waals surface area (Å²) in [6.07, 6.45) is 0.961. The van der Waals surface area contributed by atoms with Gasteiger partial charge in [-0.05, 0) is 32.4 Å². The van der Waals surface area contributed by atoms with Gasteiger partial charge >= 0.3 is 5.97 Å². The first kappa shape index (κ1) is 17.0. The topological polar surface area (TPSA) is 90.7 Å². The van der Waals surface area contributed by atoms with E-state index in [1.165, 1.54) is 0 Å². The average Bonchev–Trinajstić information content (AvgIpc) is 2.46. The van der Waals surface area contributed by atoms with Gasteiger partial charge in [0.15, 0.2) is 6.04 Å². The maximum absolute atomic E-state index is 11.8. The normalized spacial score (nSPS) is 13.1. The molecule has 6 nitrogen and oxygen atoms in total. The van der Waals surface area contributed by atoms with Gasteiger partial charge in [0.2, 0.25) is 0 Å². The molecule has 0 aromatic heterocycles. The van der Waals surface area contributed by atoms with Crippen molar-refractivity contribution in [2.75, 3.05) is 11.9 Å². The molecule has 1 aromatic rings. The van der Waals surface area contributed by atoms with Crippen molar-refractivity contribution in [2.45, 2.75) is 39.3 Å². The molecule has 0 spiro atoms. The number of ether oxygens (including phenoxy) is 2. The molecule has 1 rings (SSSR count). The zero-order valence-electron chi connectivity index (χ0n) is 12.6. The van der Waals surface area contributed by atoms with Gasteiger partial charge in [0.05, 0.1) is 12.7 Å². The van der Waals surface area contributed by atoms with E-state index >= 15 is 0 Å². The number of nitrogens with one attached hydrogen (secondary N) is 1. The van der Waals surface area contributed by atoms with E-state index in [4.69, 9.17) is 15.2 Å². The molecule has 116 valence electrons. The van der Waals surface area contributed by atoms with E-state index in [9.17, 15) is 9.59 Å². The Morgan fingerprint density at radius 1 is 1.33 bits per heavy atom. The summed E-state index contributed by atoms with van der Waals surface area (Å²) in [5.74, 6) is -0.719. The molecule has 3 N–H and O–H groups in total. The van der Waals surface area contributed by atoms with Crippen LogP contribution in [0.2, 0.25) is 0 Å². The largest absolute Gasteiger partial charge is 0.491 e. The number of carbonyl (C=O) groups excluding carboxylic acids is 2. The highest BCUT2D eigenvalue weighted by Gasteiger charge is 2.23. The molecule has 0 fully saturated rings. The van der Waals surface area contributed by atoms with E-state index in [2.05, 4.69) is 5.32 Å². The van der Waals surface area contributed by atoms with E-state index in [0.29, 0.717) is 11.4 Å². The van der Waals surface area contributed by atoms with Crippen molar-refractivity contribution < 1.29 is 19.1 Å². The minimum atomic E-state index is -1.34. The Labute approximate surface area is 124 Å². The molecular formula is C15H22N2O4. The number of esters is 1. The van der Waals surface area contributed by atoms with Gasteiger partial charge < -0.3 is 20.5 Å². The number of amides is 1. The average molecular weight is 294 g/mol. The molecule has 1 aromatic carbocycles. The molecule has 0 saturated carbocycles. The Bertz CT molecular complexity index is 490. The van der Waals surface area contributed by atoms with Crippen molar-refractivity contribution in [1.29, 1.82) is 0 Å². The Morgan fingerprint density at radius 3 is 2.67 bits per heavy atom. The van der Waals surface area contributed by atoms with Crippen LogP contribution in [-0.4, -0.2) is 30.6 Å². The third kappa shape index (κ3) is 5.43. The second kappa shape index (κ2) is 8.26. The molecule has 21 heavy (non-hydrogen) atoms. The lowest BCUT2D eigenvalue weighted by Gasteiger charge is -2.14. The zero-order chi connectivity index (χ0) is 15.8. The third-order valence-electron chi connectivity index (χ3n) is 2.84. The molecule has 0 saturated heterocycles. The van der Waals surface area contributed by atoms with Crippen LogP contribution in [0.4, 0.5) is 5.69 Å². The van der Waals surface area contributed by atoms with Crippen LogP contribution in [0.25, 0.3) is 0 Å². The predicted octanol–water partition coefficient (Wildman–Crippen LogP) is 1.69. The fourth-order valence-electron chi connectivity index (χ4n) is 1.52. The number of benzene rings is 1. The summed E-state index contributed by atoms with van der Waals surface area (Å²) in [4.78, 5) is 23.2. The van der Waals surface area contributed by atoms with E-state index in [-0.39, 0.29) is 12.7 Å². The second-order valence-electron chi connectivity index (χ2n) is 4.58. The van der Waals surface area contributed by atoms with Crippen LogP contribution < -0.4 is 15.8 Å². The van der Waals surface area contributed by atoms with Crippen LogP contribution in [-0.2, 0) is 14.3 Å². The number of anilines is 1. The van der Waals surface area contributed by atoms with Crippen LogP contribution in [0.5, 0.6) is 5.75 Å². The zero-order valence-corrected chi connectivity index (χ0v) is 12.6. The first-order valence-electron chi connectivity index (χ1n) is 6.97. The summed E-state index contributed by atoms with van der Waals surface area (Å²) in [6, 6.07) is 5.58. The molecule has 0 radical (unpaired) electrons. The Balaban J connectivity index is 2.68. The van der Waals surface area contributed by atoms with Gasteiger partial charge in [-0.3, -0.25) is 4.79 Å². The van der Waals surface area contributed by atoms with E-state index < -0.39 is 17.9 Å². The highest BCUT2D eigenvalue weighted by atomic mass is 16.5. The van der Waals surface area contributed by atoms with Crippen LogP contribution in [0, 0.1) is 0 Å². The van der Waals surface area contributed by atoms with Gasteiger partial charge in [-0.1, -0.05) is 13.0 Å². The van der Waals surface area contributed by atoms with Crippen molar-refractivity contribution in [2.24, 2.45) is 5.73 Å². The van der Waals surface area contributed by atoms with Crippen LogP contribution in [0.15, 0.2) is 24.3 Å². The molecule has 0 aliphatic carbocycles. The van der Waals surface area contributed by atoms with Crippen molar-refractivity contribution in [1.82, 2.24) is 0 Å². The molecule has 0 aliphatic heterocycles. The van der Waals surface area contributed by atoms with Crippen LogP contribution in [0.3, 0.4) is 0 Å². The summed E-state index contributed by atoms with van der Waals surface area (Å²) in [6.45, 7) is 5.81. The van der Waals surface area contributed by atoms with Crippen molar-refractivity contribution in [3.8, 4) is 5.75 Å². The summed E-state index contributed by atoms with van der Waals surface area (Å²) < 4.78 is 10.4. The maximum atomic E-state index is 11.8.